The standard InChI is InChI=1S/C13H18BrNO2S/c1-9-12(14)6-11(18-9)8-15-5-4-10(7-15)2-3-13(16)17/h6,10H,2-5,7-8H2,1H3,(H,16,17). The number of carbonyl (C=O) groups is 1. The van der Waals surface area contributed by atoms with E-state index in [0.717, 1.165) is 32.5 Å². The lowest BCUT2D eigenvalue weighted by Crippen LogP contribution is -2.19. The van der Waals surface area contributed by atoms with E-state index >= 15 is 0 Å². The Bertz CT molecular complexity index is 413. The molecule has 0 aromatic carbocycles. The molecule has 1 aromatic heterocycles. The third kappa shape index (κ3) is 3.80. The highest BCUT2D eigenvalue weighted by molar-refractivity contribution is 9.10. The van der Waals surface area contributed by atoms with Crippen LogP contribution in [-0.2, 0) is 11.3 Å². The minimum absolute atomic E-state index is 0.308. The number of thiophene rings is 1. The van der Waals surface area contributed by atoms with Crippen LogP contribution in [0.15, 0.2) is 10.5 Å². The van der Waals surface area contributed by atoms with Gasteiger partial charge in [0.05, 0.1) is 0 Å². The second-order valence-electron chi connectivity index (χ2n) is 4.94. The molecule has 0 radical (unpaired) electrons. The van der Waals surface area contributed by atoms with Gasteiger partial charge in [-0.3, -0.25) is 9.69 Å². The Kier molecular flexibility index (Phi) is 4.81. The Hall–Kier alpha value is -0.390. The van der Waals surface area contributed by atoms with Gasteiger partial charge in [-0.25, -0.2) is 0 Å². The van der Waals surface area contributed by atoms with Gasteiger partial charge in [0.2, 0.25) is 0 Å². The van der Waals surface area contributed by atoms with Gasteiger partial charge in [-0.15, -0.1) is 11.3 Å². The summed E-state index contributed by atoms with van der Waals surface area (Å²) in [6, 6.07) is 2.20. The van der Waals surface area contributed by atoms with Gasteiger partial charge in [-0.2, -0.15) is 0 Å². The highest BCUT2D eigenvalue weighted by Gasteiger charge is 2.23. The second-order valence-corrected chi connectivity index (χ2v) is 7.13. The molecule has 3 nitrogen and oxygen atoms in total. The summed E-state index contributed by atoms with van der Waals surface area (Å²) in [5, 5.41) is 8.69. The van der Waals surface area contributed by atoms with Crippen molar-refractivity contribution < 1.29 is 9.90 Å². The quantitative estimate of drug-likeness (QED) is 0.897. The Morgan fingerprint density at radius 1 is 1.67 bits per heavy atom. The third-order valence-corrected chi connectivity index (χ3v) is 5.55. The first kappa shape index (κ1) is 14.0. The smallest absolute Gasteiger partial charge is 0.303 e. The van der Waals surface area contributed by atoms with Gasteiger partial charge in [-0.05, 0) is 54.2 Å². The van der Waals surface area contributed by atoms with Crippen molar-refractivity contribution in [3.05, 3.63) is 20.3 Å². The van der Waals surface area contributed by atoms with Crippen LogP contribution >= 0.6 is 27.3 Å². The summed E-state index contributed by atoms with van der Waals surface area (Å²) in [6.07, 6.45) is 2.26. The van der Waals surface area contributed by atoms with Gasteiger partial charge >= 0.3 is 5.97 Å². The molecule has 0 aliphatic carbocycles. The Morgan fingerprint density at radius 3 is 3.06 bits per heavy atom. The summed E-state index contributed by atoms with van der Waals surface area (Å²) >= 11 is 5.38. The van der Waals surface area contributed by atoms with E-state index in [1.165, 1.54) is 14.2 Å². The van der Waals surface area contributed by atoms with Crippen LogP contribution in [0.25, 0.3) is 0 Å². The number of carboxylic acids is 1. The summed E-state index contributed by atoms with van der Waals surface area (Å²) < 4.78 is 1.20. The molecule has 1 saturated heterocycles. The molecule has 5 heteroatoms. The van der Waals surface area contributed by atoms with E-state index in [-0.39, 0.29) is 0 Å². The van der Waals surface area contributed by atoms with Crippen LogP contribution in [0, 0.1) is 12.8 Å². The van der Waals surface area contributed by atoms with Crippen molar-refractivity contribution in [2.24, 2.45) is 5.92 Å². The molecule has 0 spiro atoms. The number of aliphatic carboxylic acids is 1. The SMILES string of the molecule is Cc1sc(CN2CCC(CCC(=O)O)C2)cc1Br. The van der Waals surface area contributed by atoms with Crippen molar-refractivity contribution in [2.45, 2.75) is 32.7 Å². The molecule has 1 aromatic rings. The molecule has 2 rings (SSSR count). The van der Waals surface area contributed by atoms with Gasteiger partial charge in [0.25, 0.3) is 0 Å². The maximum atomic E-state index is 10.6. The summed E-state index contributed by atoms with van der Waals surface area (Å²) in [7, 11) is 0. The predicted molar refractivity (Wildman–Crippen MR) is 77.0 cm³/mol. The molecule has 18 heavy (non-hydrogen) atoms. The first-order valence-electron chi connectivity index (χ1n) is 6.23. The van der Waals surface area contributed by atoms with Crippen molar-refractivity contribution in [3.63, 3.8) is 0 Å². The number of likely N-dealkylation sites (tertiary alicyclic amines) is 1. The van der Waals surface area contributed by atoms with E-state index in [1.807, 2.05) is 11.3 Å². The van der Waals surface area contributed by atoms with Gasteiger partial charge in [0.1, 0.15) is 0 Å². The van der Waals surface area contributed by atoms with Gasteiger partial charge in [0, 0.05) is 33.7 Å². The molecule has 1 unspecified atom stereocenters. The summed E-state index contributed by atoms with van der Waals surface area (Å²) in [4.78, 5) is 15.7. The fourth-order valence-corrected chi connectivity index (χ4v) is 4.08. The predicted octanol–water partition coefficient (Wildman–Crippen LogP) is 3.51. The average molecular weight is 332 g/mol. The minimum Gasteiger partial charge on any atom is -0.481 e. The van der Waals surface area contributed by atoms with Crippen LogP contribution in [0.5, 0.6) is 0 Å². The second kappa shape index (κ2) is 6.17. The Labute approximate surface area is 120 Å². The third-order valence-electron chi connectivity index (χ3n) is 3.42. The Morgan fingerprint density at radius 2 is 2.44 bits per heavy atom. The largest absolute Gasteiger partial charge is 0.481 e. The maximum absolute atomic E-state index is 10.6. The highest BCUT2D eigenvalue weighted by Crippen LogP contribution is 2.29. The topological polar surface area (TPSA) is 40.5 Å². The number of hydrogen-bond donors (Lipinski definition) is 1. The molecule has 1 aliphatic rings. The number of hydrogen-bond acceptors (Lipinski definition) is 3. The zero-order valence-electron chi connectivity index (χ0n) is 10.5. The lowest BCUT2D eigenvalue weighted by Gasteiger charge is -2.14. The van der Waals surface area contributed by atoms with Crippen LogP contribution in [0.2, 0.25) is 0 Å². The van der Waals surface area contributed by atoms with Crippen molar-refractivity contribution in [3.8, 4) is 0 Å². The lowest BCUT2D eigenvalue weighted by atomic mass is 10.0. The van der Waals surface area contributed by atoms with E-state index in [0.29, 0.717) is 12.3 Å². The molecule has 0 bridgehead atoms. The number of halogens is 1. The van der Waals surface area contributed by atoms with Gasteiger partial charge in [-0.1, -0.05) is 0 Å². The van der Waals surface area contributed by atoms with Crippen LogP contribution < -0.4 is 0 Å². The zero-order valence-corrected chi connectivity index (χ0v) is 12.9. The minimum atomic E-state index is -0.675. The first-order valence-corrected chi connectivity index (χ1v) is 7.84. The van der Waals surface area contributed by atoms with E-state index in [1.54, 1.807) is 0 Å². The fourth-order valence-electron chi connectivity index (χ4n) is 2.44. The van der Waals surface area contributed by atoms with Crippen molar-refractivity contribution >= 4 is 33.2 Å². The molecule has 2 heterocycles. The fraction of sp³-hybridized carbons (Fsp3) is 0.615. The van der Waals surface area contributed by atoms with Gasteiger partial charge in [0.15, 0.2) is 0 Å². The van der Waals surface area contributed by atoms with Crippen molar-refractivity contribution in [1.29, 1.82) is 0 Å². The number of rotatable bonds is 5. The maximum Gasteiger partial charge on any atom is 0.303 e. The van der Waals surface area contributed by atoms with Crippen LogP contribution in [0.1, 0.15) is 29.0 Å². The summed E-state index contributed by atoms with van der Waals surface area (Å²) in [5.41, 5.74) is 0. The van der Waals surface area contributed by atoms with Crippen molar-refractivity contribution in [2.75, 3.05) is 13.1 Å². The first-order chi connectivity index (χ1) is 8.54. The summed E-state index contributed by atoms with van der Waals surface area (Å²) in [5.74, 6) is -0.114. The van der Waals surface area contributed by atoms with Crippen molar-refractivity contribution in [1.82, 2.24) is 4.90 Å². The number of carboxylic acid groups (broad SMARTS) is 1. The van der Waals surface area contributed by atoms with Crippen LogP contribution in [0.3, 0.4) is 0 Å². The Balaban J connectivity index is 1.80. The number of nitrogens with zero attached hydrogens (tertiary/aromatic N) is 1. The van der Waals surface area contributed by atoms with E-state index in [4.69, 9.17) is 5.11 Å². The van der Waals surface area contributed by atoms with Crippen LogP contribution in [0.4, 0.5) is 0 Å². The zero-order chi connectivity index (χ0) is 13.1. The normalized spacial score (nSPS) is 20.4. The van der Waals surface area contributed by atoms with E-state index < -0.39 is 5.97 Å². The monoisotopic (exact) mass is 331 g/mol. The molecule has 100 valence electrons. The molecular formula is C13H18BrNO2S. The molecule has 0 saturated carbocycles. The number of aryl methyl sites for hydroxylation is 1. The molecule has 1 aliphatic heterocycles. The van der Waals surface area contributed by atoms with Gasteiger partial charge < -0.3 is 5.11 Å². The molecule has 1 N–H and O–H groups in total. The molecule has 0 amide bonds. The lowest BCUT2D eigenvalue weighted by molar-refractivity contribution is -0.137. The molecule has 1 atom stereocenters. The molecule has 1 fully saturated rings. The van der Waals surface area contributed by atoms with E-state index in [2.05, 4.69) is 33.8 Å². The molecular weight excluding hydrogens is 314 g/mol. The average Bonchev–Trinajstić information content (AvgIpc) is 2.85. The van der Waals surface area contributed by atoms with E-state index in [9.17, 15) is 4.79 Å². The van der Waals surface area contributed by atoms with Crippen LogP contribution in [-0.4, -0.2) is 29.1 Å². The highest BCUT2D eigenvalue weighted by atomic mass is 79.9. The summed E-state index contributed by atoms with van der Waals surface area (Å²) in [6.45, 7) is 5.26.